The van der Waals surface area contributed by atoms with Crippen molar-refractivity contribution in [3.05, 3.63) is 59.7 Å². The number of amides is 1. The highest BCUT2D eigenvalue weighted by Crippen LogP contribution is 2.37. The van der Waals surface area contributed by atoms with Crippen LogP contribution in [0.1, 0.15) is 22.3 Å². The van der Waals surface area contributed by atoms with E-state index in [1.165, 1.54) is 19.2 Å². The highest BCUT2D eigenvalue weighted by molar-refractivity contribution is 5.97. The van der Waals surface area contributed by atoms with Crippen molar-refractivity contribution in [2.45, 2.75) is 31.5 Å². The molecule has 0 radical (unpaired) electrons. The van der Waals surface area contributed by atoms with Crippen LogP contribution in [0.25, 0.3) is 10.9 Å². The maximum absolute atomic E-state index is 14.9. The molecule has 0 N–H and O–H groups in total. The highest BCUT2D eigenvalue weighted by Gasteiger charge is 2.48. The third kappa shape index (κ3) is 5.57. The van der Waals surface area contributed by atoms with Crippen molar-refractivity contribution < 1.29 is 45.8 Å². The molecule has 196 valence electrons. The summed E-state index contributed by atoms with van der Waals surface area (Å²) in [4.78, 5) is 29.8. The minimum atomic E-state index is -5.34. The fourth-order valence-corrected chi connectivity index (χ4v) is 3.87. The van der Waals surface area contributed by atoms with Crippen molar-refractivity contribution in [3.63, 3.8) is 0 Å². The van der Waals surface area contributed by atoms with Crippen molar-refractivity contribution in [2.24, 2.45) is 0 Å². The Kier molecular flexibility index (Phi) is 6.94. The molecule has 0 saturated carbocycles. The van der Waals surface area contributed by atoms with Gasteiger partial charge in [0, 0.05) is 18.4 Å². The van der Waals surface area contributed by atoms with Gasteiger partial charge in [0.15, 0.2) is 11.9 Å². The lowest BCUT2D eigenvalue weighted by Crippen LogP contribution is -2.55. The molecule has 0 spiro atoms. The number of pyridine rings is 1. The molecule has 1 unspecified atom stereocenters. The number of methoxy groups -OCH3 is 1. The topological polar surface area (TPSA) is 78.0 Å². The number of carbonyl (C=O) groups is 2. The average molecular weight is 524 g/mol. The Morgan fingerprint density at radius 1 is 1.08 bits per heavy atom. The van der Waals surface area contributed by atoms with Gasteiger partial charge in [0.2, 0.25) is 0 Å². The molecule has 1 aliphatic heterocycles. The maximum Gasteiger partial charge on any atom is 0.491 e. The van der Waals surface area contributed by atoms with E-state index in [4.69, 9.17) is 9.47 Å². The monoisotopic (exact) mass is 524 g/mol. The zero-order valence-electron chi connectivity index (χ0n) is 19.6. The van der Waals surface area contributed by atoms with E-state index < -0.39 is 54.7 Å². The van der Waals surface area contributed by atoms with E-state index in [0.717, 1.165) is 16.5 Å². The summed E-state index contributed by atoms with van der Waals surface area (Å²) in [6, 6.07) is 12.0. The molecular weight excluding hydrogens is 503 g/mol. The number of alkyl halides is 5. The van der Waals surface area contributed by atoms with Gasteiger partial charge in [-0.3, -0.25) is 4.79 Å². The average Bonchev–Trinajstić information content (AvgIpc) is 2.84. The van der Waals surface area contributed by atoms with Crippen LogP contribution >= 0.6 is 0 Å². The molecule has 0 aliphatic carbocycles. The highest BCUT2D eigenvalue weighted by atomic mass is 19.4. The number of para-hydroxylation sites is 1. The molecule has 1 aromatic heterocycles. The van der Waals surface area contributed by atoms with E-state index in [1.807, 2.05) is 0 Å². The maximum atomic E-state index is 14.9. The number of piperidine rings is 1. The van der Waals surface area contributed by atoms with Crippen LogP contribution in [0.15, 0.2) is 48.5 Å². The first-order valence-corrected chi connectivity index (χ1v) is 11.1. The summed E-state index contributed by atoms with van der Waals surface area (Å²) in [5.41, 5.74) is 1.12. The number of fused-ring (bicyclic) bond motifs is 1. The Bertz CT molecular complexity index is 1340. The van der Waals surface area contributed by atoms with Gasteiger partial charge in [-0.15, -0.1) is 0 Å². The molecule has 1 saturated heterocycles. The molecule has 3 aromatic rings. The number of likely N-dealkylation sites (tertiary alicyclic amines) is 1. The van der Waals surface area contributed by atoms with Gasteiger partial charge >= 0.3 is 12.1 Å². The van der Waals surface area contributed by atoms with Gasteiger partial charge < -0.3 is 19.1 Å². The van der Waals surface area contributed by atoms with Gasteiger partial charge in [-0.05, 0) is 31.2 Å². The van der Waals surface area contributed by atoms with Gasteiger partial charge in [-0.2, -0.15) is 13.2 Å². The number of aryl methyl sites for hydroxylation is 1. The van der Waals surface area contributed by atoms with Gasteiger partial charge in [0.25, 0.3) is 17.7 Å². The molecular formula is C25H21F5N2O5. The SMILES string of the molecule is COc1ccc(C)cc1C(=O)N1CCC(F)(F)C(Oc2nc3ccccc3cc2OC(=O)C(F)(F)F)C1. The smallest absolute Gasteiger partial charge is 0.491 e. The zero-order valence-corrected chi connectivity index (χ0v) is 19.6. The van der Waals surface area contributed by atoms with Crippen LogP contribution in [0.4, 0.5) is 22.0 Å². The fourth-order valence-electron chi connectivity index (χ4n) is 3.87. The summed E-state index contributed by atoms with van der Waals surface area (Å²) in [5, 5.41) is 0.290. The molecule has 0 bridgehead atoms. The predicted molar refractivity (Wildman–Crippen MR) is 121 cm³/mol. The summed E-state index contributed by atoms with van der Waals surface area (Å²) in [5.74, 6) is -7.87. The van der Waals surface area contributed by atoms with Crippen molar-refractivity contribution in [1.82, 2.24) is 9.88 Å². The third-order valence-corrected chi connectivity index (χ3v) is 5.79. The van der Waals surface area contributed by atoms with Gasteiger partial charge in [0.05, 0.1) is 24.7 Å². The number of halogens is 5. The van der Waals surface area contributed by atoms with E-state index >= 15 is 0 Å². The molecule has 7 nitrogen and oxygen atoms in total. The van der Waals surface area contributed by atoms with Gasteiger partial charge in [-0.1, -0.05) is 29.8 Å². The van der Waals surface area contributed by atoms with Crippen molar-refractivity contribution in [1.29, 1.82) is 0 Å². The molecule has 1 amide bonds. The number of carbonyl (C=O) groups excluding carboxylic acids is 2. The molecule has 12 heteroatoms. The number of hydrogen-bond donors (Lipinski definition) is 0. The number of ether oxygens (including phenoxy) is 3. The van der Waals surface area contributed by atoms with Crippen LogP contribution < -0.4 is 14.2 Å². The van der Waals surface area contributed by atoms with Gasteiger partial charge in [-0.25, -0.2) is 18.6 Å². The first-order valence-electron chi connectivity index (χ1n) is 11.1. The number of hydrogen-bond acceptors (Lipinski definition) is 6. The number of esters is 1. The van der Waals surface area contributed by atoms with Crippen LogP contribution in [0.3, 0.4) is 0 Å². The lowest BCUT2D eigenvalue weighted by molar-refractivity contribution is -0.190. The minimum Gasteiger partial charge on any atom is -0.496 e. The lowest BCUT2D eigenvalue weighted by Gasteiger charge is -2.38. The molecule has 37 heavy (non-hydrogen) atoms. The van der Waals surface area contributed by atoms with Crippen molar-refractivity contribution in [3.8, 4) is 17.4 Å². The first kappa shape index (κ1) is 26.1. The second-order valence-electron chi connectivity index (χ2n) is 8.44. The quantitative estimate of drug-likeness (QED) is 0.347. The molecule has 2 heterocycles. The van der Waals surface area contributed by atoms with Crippen LogP contribution in [-0.2, 0) is 4.79 Å². The summed E-state index contributed by atoms with van der Waals surface area (Å²) in [6.45, 7) is 0.843. The number of benzene rings is 2. The van der Waals surface area contributed by atoms with E-state index in [1.54, 1.807) is 37.3 Å². The molecule has 1 aliphatic rings. The Labute approximate surface area is 207 Å². The minimum absolute atomic E-state index is 0.162. The normalized spacial score (nSPS) is 17.4. The molecule has 1 fully saturated rings. The Balaban J connectivity index is 1.66. The Morgan fingerprint density at radius 2 is 1.81 bits per heavy atom. The summed E-state index contributed by atoms with van der Waals surface area (Å²) >= 11 is 0. The van der Waals surface area contributed by atoms with Crippen LogP contribution in [0.5, 0.6) is 17.4 Å². The van der Waals surface area contributed by atoms with E-state index in [0.29, 0.717) is 5.39 Å². The first-order chi connectivity index (χ1) is 17.4. The van der Waals surface area contributed by atoms with E-state index in [9.17, 15) is 31.5 Å². The van der Waals surface area contributed by atoms with Crippen molar-refractivity contribution >= 4 is 22.8 Å². The van der Waals surface area contributed by atoms with Crippen LogP contribution in [0.2, 0.25) is 0 Å². The largest absolute Gasteiger partial charge is 0.496 e. The number of nitrogens with zero attached hydrogens (tertiary/aromatic N) is 2. The van der Waals surface area contributed by atoms with Crippen LogP contribution in [0, 0.1) is 6.92 Å². The molecule has 4 rings (SSSR count). The zero-order chi connectivity index (χ0) is 27.0. The fraction of sp³-hybridized carbons (Fsp3) is 0.320. The third-order valence-electron chi connectivity index (χ3n) is 5.79. The summed E-state index contributed by atoms with van der Waals surface area (Å²) in [6.07, 6.45) is -8.10. The predicted octanol–water partition coefficient (Wildman–Crippen LogP) is 4.95. The Morgan fingerprint density at radius 3 is 2.51 bits per heavy atom. The standard InChI is InChI=1S/C25H21F5N2O5/c1-14-7-8-18(35-2)16(11-14)22(33)32-10-9-24(26,27)20(13-32)37-21-19(36-23(34)25(28,29)30)12-15-5-3-4-6-17(15)31-21/h3-8,11-12,20H,9-10,13H2,1-2H3. The number of aromatic nitrogens is 1. The van der Waals surface area contributed by atoms with E-state index in [-0.39, 0.29) is 23.4 Å². The second kappa shape index (κ2) is 9.83. The summed E-state index contributed by atoms with van der Waals surface area (Å²) < 4.78 is 83.4. The second-order valence-corrected chi connectivity index (χ2v) is 8.44. The molecule has 1 atom stereocenters. The van der Waals surface area contributed by atoms with Crippen LogP contribution in [-0.4, -0.2) is 60.2 Å². The number of rotatable bonds is 5. The lowest BCUT2D eigenvalue weighted by atomic mass is 10.0. The summed E-state index contributed by atoms with van der Waals surface area (Å²) in [7, 11) is 1.37. The van der Waals surface area contributed by atoms with Gasteiger partial charge in [0.1, 0.15) is 5.75 Å². The van der Waals surface area contributed by atoms with Crippen molar-refractivity contribution in [2.75, 3.05) is 20.2 Å². The van der Waals surface area contributed by atoms with E-state index in [2.05, 4.69) is 9.72 Å². The molecule has 2 aromatic carbocycles. The Hall–Kier alpha value is -3.96.